The molecule has 51 valence electrons. The molecule has 0 aromatic rings. The van der Waals surface area contributed by atoms with Crippen molar-refractivity contribution < 1.29 is 0 Å². The van der Waals surface area contributed by atoms with E-state index in [0.717, 1.165) is 12.0 Å². The molecule has 1 saturated carbocycles. The highest BCUT2D eigenvalue weighted by atomic mass is 14.9. The van der Waals surface area contributed by atoms with Gasteiger partial charge in [-0.15, -0.1) is 0 Å². The van der Waals surface area contributed by atoms with E-state index in [4.69, 9.17) is 0 Å². The smallest absolute Gasteiger partial charge is 0.0101 e. The highest BCUT2D eigenvalue weighted by Crippen LogP contribution is 2.28. The van der Waals surface area contributed by atoms with Gasteiger partial charge in [0.15, 0.2) is 0 Å². The van der Waals surface area contributed by atoms with Crippen molar-refractivity contribution in [2.75, 3.05) is 6.54 Å². The summed E-state index contributed by atoms with van der Waals surface area (Å²) >= 11 is 0. The topological polar surface area (TPSA) is 12.0 Å². The van der Waals surface area contributed by atoms with Gasteiger partial charge in [-0.05, 0) is 31.7 Å². The molecule has 0 aromatic carbocycles. The molecule has 0 spiro atoms. The molecule has 9 heavy (non-hydrogen) atoms. The summed E-state index contributed by atoms with van der Waals surface area (Å²) in [6.45, 7) is 1.26. The quantitative estimate of drug-likeness (QED) is 0.514. The number of nitrogens with one attached hydrogen (secondary N) is 1. The van der Waals surface area contributed by atoms with Crippen LogP contribution in [-0.2, 0) is 0 Å². The lowest BCUT2D eigenvalue weighted by molar-refractivity contribution is 0.301. The molecule has 1 saturated heterocycles. The third kappa shape index (κ3) is 1.11. The van der Waals surface area contributed by atoms with Gasteiger partial charge < -0.3 is 5.32 Å². The highest BCUT2D eigenvalue weighted by Gasteiger charge is 2.25. The molecule has 1 heterocycles. The van der Waals surface area contributed by atoms with Gasteiger partial charge in [-0.3, -0.25) is 0 Å². The van der Waals surface area contributed by atoms with Gasteiger partial charge in [0.05, 0.1) is 0 Å². The van der Waals surface area contributed by atoms with Crippen LogP contribution in [0, 0.1) is 12.3 Å². The Morgan fingerprint density at radius 3 is 3.00 bits per heavy atom. The minimum Gasteiger partial charge on any atom is -0.314 e. The molecule has 1 N–H and O–H groups in total. The van der Waals surface area contributed by atoms with Crippen molar-refractivity contribution >= 4 is 0 Å². The van der Waals surface area contributed by atoms with Gasteiger partial charge in [0.1, 0.15) is 0 Å². The average molecular weight is 124 g/mol. The van der Waals surface area contributed by atoms with Gasteiger partial charge in [0.2, 0.25) is 0 Å². The minimum absolute atomic E-state index is 0.775. The first-order valence-electron chi connectivity index (χ1n) is 4.03. The summed E-state index contributed by atoms with van der Waals surface area (Å²) in [6, 6.07) is 0.775. The largest absolute Gasteiger partial charge is 0.314 e. The summed E-state index contributed by atoms with van der Waals surface area (Å²) in [7, 11) is 0. The Kier molecular flexibility index (Phi) is 1.46. The zero-order chi connectivity index (χ0) is 6.10. The number of rotatable bonds is 0. The predicted octanol–water partition coefficient (Wildman–Crippen LogP) is 1.35. The Hall–Kier alpha value is -0.0400. The molecule has 2 aliphatic rings. The molecule has 1 aliphatic heterocycles. The van der Waals surface area contributed by atoms with Gasteiger partial charge in [-0.2, -0.15) is 0 Å². The van der Waals surface area contributed by atoms with Crippen LogP contribution in [0.15, 0.2) is 0 Å². The van der Waals surface area contributed by atoms with Crippen LogP contribution in [0.4, 0.5) is 0 Å². The summed E-state index contributed by atoms with van der Waals surface area (Å²) in [4.78, 5) is 0. The molecule has 2 rings (SSSR count). The molecule has 1 heteroatoms. The van der Waals surface area contributed by atoms with E-state index in [0.29, 0.717) is 0 Å². The first-order chi connectivity index (χ1) is 4.45. The first-order valence-corrected chi connectivity index (χ1v) is 4.03. The van der Waals surface area contributed by atoms with Crippen LogP contribution in [0.25, 0.3) is 0 Å². The number of piperidine rings is 1. The fourth-order valence-corrected chi connectivity index (χ4v) is 1.99. The summed E-state index contributed by atoms with van der Waals surface area (Å²) in [5.74, 6) is 0.963. The molecule has 0 amide bonds. The lowest BCUT2D eigenvalue weighted by Gasteiger charge is -2.34. The van der Waals surface area contributed by atoms with E-state index in [1.165, 1.54) is 32.2 Å². The van der Waals surface area contributed by atoms with E-state index in [-0.39, 0.29) is 0 Å². The van der Waals surface area contributed by atoms with E-state index in [2.05, 4.69) is 11.7 Å². The molecule has 2 unspecified atom stereocenters. The second kappa shape index (κ2) is 2.30. The molecular formula is C8H14N. The molecule has 1 radical (unpaired) electrons. The normalized spacial score (nSPS) is 42.7. The van der Waals surface area contributed by atoms with Crippen LogP contribution in [0.3, 0.4) is 0 Å². The predicted molar refractivity (Wildman–Crippen MR) is 38.0 cm³/mol. The third-order valence-electron chi connectivity index (χ3n) is 2.52. The molecule has 2 bridgehead atoms. The monoisotopic (exact) mass is 124 g/mol. The van der Waals surface area contributed by atoms with Crippen molar-refractivity contribution in [3.05, 3.63) is 6.42 Å². The number of hydrogen-bond acceptors (Lipinski definition) is 1. The number of fused-ring (bicyclic) bond motifs is 2. The Labute approximate surface area is 56.8 Å². The summed E-state index contributed by atoms with van der Waals surface area (Å²) in [6.07, 6.45) is 8.18. The van der Waals surface area contributed by atoms with Gasteiger partial charge in [0, 0.05) is 6.04 Å². The minimum atomic E-state index is 0.775. The summed E-state index contributed by atoms with van der Waals surface area (Å²) < 4.78 is 0. The Morgan fingerprint density at radius 1 is 1.22 bits per heavy atom. The Balaban J connectivity index is 1.96. The Bertz CT molecular complexity index is 80.7. The maximum absolute atomic E-state index is 3.49. The van der Waals surface area contributed by atoms with Crippen molar-refractivity contribution in [3.8, 4) is 0 Å². The van der Waals surface area contributed by atoms with Crippen molar-refractivity contribution in [2.45, 2.75) is 31.7 Å². The fourth-order valence-electron chi connectivity index (χ4n) is 1.99. The molecular weight excluding hydrogens is 110 g/mol. The first kappa shape index (κ1) is 5.72. The van der Waals surface area contributed by atoms with Gasteiger partial charge in [-0.1, -0.05) is 12.8 Å². The number of hydrogen-bond donors (Lipinski definition) is 1. The average Bonchev–Trinajstić information content (AvgIpc) is 1.88. The molecule has 1 aliphatic carbocycles. The van der Waals surface area contributed by atoms with Gasteiger partial charge in [0.25, 0.3) is 0 Å². The van der Waals surface area contributed by atoms with Gasteiger partial charge in [-0.25, -0.2) is 0 Å². The van der Waals surface area contributed by atoms with E-state index in [9.17, 15) is 0 Å². The van der Waals surface area contributed by atoms with Crippen molar-refractivity contribution in [1.82, 2.24) is 5.32 Å². The summed E-state index contributed by atoms with van der Waals surface area (Å²) in [5, 5.41) is 3.49. The maximum Gasteiger partial charge on any atom is 0.0101 e. The van der Waals surface area contributed by atoms with Crippen molar-refractivity contribution in [3.63, 3.8) is 0 Å². The van der Waals surface area contributed by atoms with Crippen LogP contribution in [-0.4, -0.2) is 12.6 Å². The highest BCUT2D eigenvalue weighted by molar-refractivity contribution is 4.96. The molecule has 2 atom stereocenters. The zero-order valence-electron chi connectivity index (χ0n) is 5.77. The lowest BCUT2D eigenvalue weighted by Crippen LogP contribution is -2.41. The zero-order valence-corrected chi connectivity index (χ0v) is 5.77. The second-order valence-corrected chi connectivity index (χ2v) is 3.23. The Morgan fingerprint density at radius 2 is 2.22 bits per heavy atom. The van der Waals surface area contributed by atoms with Crippen molar-refractivity contribution in [1.29, 1.82) is 0 Å². The van der Waals surface area contributed by atoms with E-state index in [1.54, 1.807) is 0 Å². The maximum atomic E-state index is 3.49. The van der Waals surface area contributed by atoms with Crippen LogP contribution in [0.1, 0.15) is 25.7 Å². The standard InChI is InChI=1S/C8H14N/c1-2-7-4-5-9-8(3-1)6-7/h6-9H,1-5H2. The van der Waals surface area contributed by atoms with E-state index >= 15 is 0 Å². The van der Waals surface area contributed by atoms with E-state index in [1.807, 2.05) is 0 Å². The fraction of sp³-hybridized carbons (Fsp3) is 0.875. The van der Waals surface area contributed by atoms with Crippen LogP contribution >= 0.6 is 0 Å². The lowest BCUT2D eigenvalue weighted by atomic mass is 9.81. The van der Waals surface area contributed by atoms with Crippen LogP contribution in [0.5, 0.6) is 0 Å². The second-order valence-electron chi connectivity index (χ2n) is 3.23. The molecule has 2 fully saturated rings. The van der Waals surface area contributed by atoms with Crippen LogP contribution < -0.4 is 5.32 Å². The molecule has 1 nitrogen and oxygen atoms in total. The van der Waals surface area contributed by atoms with E-state index < -0.39 is 0 Å². The van der Waals surface area contributed by atoms with Gasteiger partial charge >= 0.3 is 0 Å². The van der Waals surface area contributed by atoms with Crippen LogP contribution in [0.2, 0.25) is 0 Å². The van der Waals surface area contributed by atoms with Crippen molar-refractivity contribution in [2.24, 2.45) is 5.92 Å². The third-order valence-corrected chi connectivity index (χ3v) is 2.52. The molecule has 0 aromatic heterocycles. The SMILES string of the molecule is [CH]1C2CCCC1NCC2. The summed E-state index contributed by atoms with van der Waals surface area (Å²) in [5.41, 5.74) is 0.